The average Bonchev–Trinajstić information content (AvgIpc) is 3.53. The Morgan fingerprint density at radius 1 is 0.833 bits per heavy atom. The van der Waals surface area contributed by atoms with Gasteiger partial charge in [-0.1, -0.05) is 0 Å². The molecule has 0 amide bonds. The fourth-order valence-corrected chi connectivity index (χ4v) is 6.51. The van der Waals surface area contributed by atoms with Crippen molar-refractivity contribution in [2.24, 2.45) is 28.9 Å². The van der Waals surface area contributed by atoms with Crippen LogP contribution in [0.5, 0.6) is 0 Å². The van der Waals surface area contributed by atoms with Gasteiger partial charge in [-0.2, -0.15) is 0 Å². The highest BCUT2D eigenvalue weighted by Crippen LogP contribution is 2.27. The van der Waals surface area contributed by atoms with E-state index >= 15 is 0 Å². The van der Waals surface area contributed by atoms with Crippen molar-refractivity contribution in [3.8, 4) is 0 Å². The fraction of sp³-hybridized carbons (Fsp3) is 1.00. The normalized spacial score (nSPS) is 40.1. The largest absolute Gasteiger partial charge is 0.394 e. The van der Waals surface area contributed by atoms with Gasteiger partial charge in [-0.15, -0.1) is 0 Å². The molecule has 3 saturated heterocycles. The molecule has 0 aromatic heterocycles. The summed E-state index contributed by atoms with van der Waals surface area (Å²) in [5.41, 5.74) is 21.6. The van der Waals surface area contributed by atoms with E-state index in [-0.39, 0.29) is 43.8 Å². The lowest BCUT2D eigenvalue weighted by Crippen LogP contribution is -2.60. The number of aliphatic hydroxyl groups is 6. The molecular formula is C32H68N6O10. The van der Waals surface area contributed by atoms with Gasteiger partial charge in [-0.05, 0) is 84.2 Å². The van der Waals surface area contributed by atoms with E-state index in [2.05, 4.69) is 16.4 Å². The Balaban J connectivity index is 0.000000257. The average molecular weight is 697 g/mol. The molecule has 286 valence electrons. The highest BCUT2D eigenvalue weighted by atomic mass is 16.7. The maximum absolute atomic E-state index is 9.39. The summed E-state index contributed by atoms with van der Waals surface area (Å²) in [4.78, 5) is 0. The van der Waals surface area contributed by atoms with Crippen molar-refractivity contribution in [1.29, 1.82) is 0 Å². The lowest BCUT2D eigenvalue weighted by atomic mass is 9.81. The Bertz CT molecular complexity index is 801. The fourth-order valence-electron chi connectivity index (χ4n) is 6.51. The van der Waals surface area contributed by atoms with Crippen LogP contribution in [0.25, 0.3) is 0 Å². The van der Waals surface area contributed by atoms with E-state index < -0.39 is 36.7 Å². The molecule has 3 aliphatic heterocycles. The van der Waals surface area contributed by atoms with Crippen molar-refractivity contribution in [1.82, 2.24) is 10.6 Å². The maximum atomic E-state index is 9.39. The molecule has 5 fully saturated rings. The second-order valence-electron chi connectivity index (χ2n) is 13.6. The minimum atomic E-state index is -1.19. The van der Waals surface area contributed by atoms with Crippen LogP contribution in [0, 0.1) is 5.92 Å². The smallest absolute Gasteiger partial charge is 0.172 e. The third-order valence-electron chi connectivity index (χ3n) is 9.43. The van der Waals surface area contributed by atoms with Crippen molar-refractivity contribution >= 4 is 0 Å². The van der Waals surface area contributed by atoms with E-state index in [9.17, 15) is 10.2 Å². The Hall–Kier alpha value is -0.640. The number of nitrogens with two attached hydrogens (primary N) is 4. The topological polar surface area (TPSA) is 286 Å². The molecule has 48 heavy (non-hydrogen) atoms. The van der Waals surface area contributed by atoms with Crippen molar-refractivity contribution < 1.29 is 49.6 Å². The molecule has 2 saturated carbocycles. The van der Waals surface area contributed by atoms with Crippen LogP contribution in [0.4, 0.5) is 0 Å². The Morgan fingerprint density at radius 2 is 1.54 bits per heavy atom. The van der Waals surface area contributed by atoms with Crippen molar-refractivity contribution in [2.45, 2.75) is 151 Å². The number of hydrogen-bond donors (Lipinski definition) is 12. The molecule has 5 rings (SSSR count). The van der Waals surface area contributed by atoms with Crippen LogP contribution < -0.4 is 33.6 Å². The molecule has 0 bridgehead atoms. The summed E-state index contributed by atoms with van der Waals surface area (Å²) < 4.78 is 22.0. The molecule has 16 heteroatoms. The van der Waals surface area contributed by atoms with Crippen molar-refractivity contribution in [2.75, 3.05) is 46.5 Å². The zero-order valence-corrected chi connectivity index (χ0v) is 29.0. The van der Waals surface area contributed by atoms with Gasteiger partial charge in [0.15, 0.2) is 12.6 Å². The molecule has 12 atom stereocenters. The van der Waals surface area contributed by atoms with Gasteiger partial charge in [0.2, 0.25) is 0 Å². The second kappa shape index (κ2) is 23.8. The summed E-state index contributed by atoms with van der Waals surface area (Å²) in [6.45, 7) is 4.83. The first-order chi connectivity index (χ1) is 23.0. The lowest BCUT2D eigenvalue weighted by molar-refractivity contribution is -0.236. The molecule has 0 spiro atoms. The molecule has 16 N–H and O–H groups in total. The first-order valence-electron chi connectivity index (χ1n) is 17.8. The van der Waals surface area contributed by atoms with Gasteiger partial charge in [-0.25, -0.2) is 0 Å². The van der Waals surface area contributed by atoms with Gasteiger partial charge in [-0.3, -0.25) is 0 Å². The Kier molecular flexibility index (Phi) is 21.5. The number of rotatable bonds is 11. The lowest BCUT2D eigenvalue weighted by Gasteiger charge is -2.37. The van der Waals surface area contributed by atoms with Crippen LogP contribution in [0.1, 0.15) is 71.1 Å². The summed E-state index contributed by atoms with van der Waals surface area (Å²) in [6.07, 6.45) is 5.78. The van der Waals surface area contributed by atoms with Crippen LogP contribution >= 0.6 is 0 Å². The van der Waals surface area contributed by atoms with Gasteiger partial charge in [0.1, 0.15) is 12.2 Å². The van der Waals surface area contributed by atoms with E-state index in [0.717, 1.165) is 57.7 Å². The second-order valence-corrected chi connectivity index (χ2v) is 13.6. The number of nitrogens with one attached hydrogen (secondary N) is 2. The summed E-state index contributed by atoms with van der Waals surface area (Å²) in [5, 5.41) is 61.4. The standard InChI is InChI=1S/C14H28N2O5.C11H22N2O.C6H13NO4.CH5N/c15-9-3-10(16-6-11(19)7-17)5-13(4-9)21-14-2-1-12(8-18)20-14;12-10-5-9(6-10)7-13-8-11-3-1-2-4-14-11;1-2-4(8)5(9)3(7)6(10)11-2;1-2/h9-14,16-19H,1-8,15H2;9-11,13H,1-8,12H2;2-6,8-10H,7H2,1H3;2H2,1H3/t;;2-,3+,4+,5?,6-;/m..0./s1. The predicted octanol–water partition coefficient (Wildman–Crippen LogP) is -3.08. The van der Waals surface area contributed by atoms with Gasteiger partial charge >= 0.3 is 0 Å². The van der Waals surface area contributed by atoms with E-state index in [4.69, 9.17) is 56.6 Å². The van der Waals surface area contributed by atoms with E-state index in [1.54, 1.807) is 6.92 Å². The highest BCUT2D eigenvalue weighted by Gasteiger charge is 2.39. The zero-order valence-electron chi connectivity index (χ0n) is 29.0. The minimum Gasteiger partial charge on any atom is -0.394 e. The zero-order chi connectivity index (χ0) is 35.6. The monoisotopic (exact) mass is 696 g/mol. The summed E-state index contributed by atoms with van der Waals surface area (Å²) in [5.74, 6) is 0.827. The molecule has 2 aliphatic carbocycles. The first-order valence-corrected chi connectivity index (χ1v) is 17.8. The van der Waals surface area contributed by atoms with Crippen molar-refractivity contribution in [3.05, 3.63) is 0 Å². The predicted molar refractivity (Wildman–Crippen MR) is 180 cm³/mol. The third-order valence-corrected chi connectivity index (χ3v) is 9.43. The van der Waals surface area contributed by atoms with Gasteiger partial charge in [0.05, 0.1) is 49.8 Å². The quantitative estimate of drug-likeness (QED) is 0.102. The van der Waals surface area contributed by atoms with Crippen LogP contribution in [0.15, 0.2) is 0 Å². The summed E-state index contributed by atoms with van der Waals surface area (Å²) in [7, 11) is 1.50. The van der Waals surface area contributed by atoms with Crippen LogP contribution in [0.2, 0.25) is 0 Å². The number of hydrogen-bond acceptors (Lipinski definition) is 16. The SMILES string of the molecule is CN.C[C@@H]1O[C@H](O)[C@H](N)C(O)[C@@H]1O.NC1CC(CNCC2CCCCO2)C1.NC1CC(NCC(O)CO)CC(OC2CCC(CO)O2)C1. The minimum absolute atomic E-state index is 0.0277. The third kappa shape index (κ3) is 15.7. The Labute approximate surface area is 286 Å². The van der Waals surface area contributed by atoms with E-state index in [1.165, 1.54) is 39.2 Å². The molecule has 8 unspecified atom stereocenters. The van der Waals surface area contributed by atoms with Crippen LogP contribution in [-0.2, 0) is 18.9 Å². The van der Waals surface area contributed by atoms with Crippen LogP contribution in [0.3, 0.4) is 0 Å². The molecule has 0 radical (unpaired) electrons. The maximum Gasteiger partial charge on any atom is 0.172 e. The van der Waals surface area contributed by atoms with E-state index in [0.29, 0.717) is 18.7 Å². The number of ether oxygens (including phenoxy) is 4. The summed E-state index contributed by atoms with van der Waals surface area (Å²) >= 11 is 0. The highest BCUT2D eigenvalue weighted by molar-refractivity contribution is 4.89. The van der Waals surface area contributed by atoms with Gasteiger partial charge in [0.25, 0.3) is 0 Å². The molecule has 3 heterocycles. The van der Waals surface area contributed by atoms with Crippen molar-refractivity contribution in [3.63, 3.8) is 0 Å². The molecule has 5 aliphatic rings. The molecule has 0 aromatic carbocycles. The number of aliphatic hydroxyl groups excluding tert-OH is 6. The Morgan fingerprint density at radius 3 is 2.15 bits per heavy atom. The van der Waals surface area contributed by atoms with Gasteiger partial charge < -0.3 is 83.2 Å². The first kappa shape index (κ1) is 43.5. The van der Waals surface area contributed by atoms with Crippen LogP contribution in [-0.4, -0.2) is 157 Å². The van der Waals surface area contributed by atoms with Gasteiger partial charge in [0, 0.05) is 44.2 Å². The summed E-state index contributed by atoms with van der Waals surface area (Å²) in [6, 6.07) is -0.216. The van der Waals surface area contributed by atoms with E-state index in [1.807, 2.05) is 0 Å². The molecule has 16 nitrogen and oxygen atoms in total. The molecule has 0 aromatic rings. The molecular weight excluding hydrogens is 628 g/mol.